The van der Waals surface area contributed by atoms with Crippen molar-refractivity contribution in [2.75, 3.05) is 11.9 Å². The zero-order valence-corrected chi connectivity index (χ0v) is 13.1. The molecule has 0 aliphatic heterocycles. The molecule has 1 aromatic carbocycles. The van der Waals surface area contributed by atoms with Crippen LogP contribution in [0, 0.1) is 6.92 Å². The van der Waals surface area contributed by atoms with Gasteiger partial charge in [-0.25, -0.2) is 4.98 Å². The molecule has 0 aliphatic rings. The lowest BCUT2D eigenvalue weighted by molar-refractivity contribution is 0.841. The zero-order chi connectivity index (χ0) is 15.0. The molecular weight excluding hydrogens is 308 g/mol. The van der Waals surface area contributed by atoms with Crippen LogP contribution < -0.4 is 10.5 Å². The standard InChI is InChI=1S/C14H13ClN4OS/c1-9-7-12(20)19-13(16-9)21-14(17-19)18(2)8-10-5-3-4-6-11(10)15/h3-7H,8H2,1-2H3. The van der Waals surface area contributed by atoms with E-state index in [-0.39, 0.29) is 5.56 Å². The van der Waals surface area contributed by atoms with Gasteiger partial charge in [0, 0.05) is 30.4 Å². The van der Waals surface area contributed by atoms with Gasteiger partial charge in [-0.2, -0.15) is 4.52 Å². The summed E-state index contributed by atoms with van der Waals surface area (Å²) in [5, 5.41) is 5.77. The fourth-order valence-corrected chi connectivity index (χ4v) is 3.12. The van der Waals surface area contributed by atoms with Crippen LogP contribution in [0.2, 0.25) is 5.02 Å². The van der Waals surface area contributed by atoms with Crippen LogP contribution in [-0.4, -0.2) is 21.6 Å². The van der Waals surface area contributed by atoms with Crippen molar-refractivity contribution in [1.29, 1.82) is 0 Å². The Morgan fingerprint density at radius 1 is 1.38 bits per heavy atom. The Morgan fingerprint density at radius 2 is 2.14 bits per heavy atom. The summed E-state index contributed by atoms with van der Waals surface area (Å²) in [7, 11) is 1.92. The number of halogens is 1. The van der Waals surface area contributed by atoms with E-state index in [0.717, 1.165) is 15.7 Å². The van der Waals surface area contributed by atoms with Gasteiger partial charge in [0.05, 0.1) is 0 Å². The second kappa shape index (κ2) is 5.46. The molecule has 2 heterocycles. The van der Waals surface area contributed by atoms with Gasteiger partial charge in [-0.1, -0.05) is 41.1 Å². The first-order valence-electron chi connectivity index (χ1n) is 6.36. The fraction of sp³-hybridized carbons (Fsp3) is 0.214. The van der Waals surface area contributed by atoms with Crippen molar-refractivity contribution in [2.24, 2.45) is 0 Å². The van der Waals surface area contributed by atoms with Gasteiger partial charge in [-0.15, -0.1) is 5.10 Å². The van der Waals surface area contributed by atoms with Crippen LogP contribution in [0.3, 0.4) is 0 Å². The summed E-state index contributed by atoms with van der Waals surface area (Å²) >= 11 is 7.55. The Bertz CT molecular complexity index is 858. The van der Waals surface area contributed by atoms with E-state index in [1.165, 1.54) is 21.9 Å². The highest BCUT2D eigenvalue weighted by atomic mass is 35.5. The van der Waals surface area contributed by atoms with E-state index in [1.807, 2.05) is 36.2 Å². The van der Waals surface area contributed by atoms with Gasteiger partial charge in [-0.3, -0.25) is 4.79 Å². The molecule has 0 radical (unpaired) electrons. The number of hydrogen-bond donors (Lipinski definition) is 0. The van der Waals surface area contributed by atoms with Gasteiger partial charge in [0.1, 0.15) is 0 Å². The number of rotatable bonds is 3. The second-order valence-electron chi connectivity index (χ2n) is 4.76. The molecule has 0 atom stereocenters. The zero-order valence-electron chi connectivity index (χ0n) is 11.6. The van der Waals surface area contributed by atoms with Gasteiger partial charge in [0.15, 0.2) is 0 Å². The minimum absolute atomic E-state index is 0.161. The molecule has 7 heteroatoms. The molecular formula is C14H13ClN4OS. The molecule has 0 unspecified atom stereocenters. The molecule has 2 aromatic heterocycles. The number of fused-ring (bicyclic) bond motifs is 1. The van der Waals surface area contributed by atoms with Crippen molar-refractivity contribution in [1.82, 2.24) is 14.6 Å². The molecule has 108 valence electrons. The largest absolute Gasteiger partial charge is 0.345 e. The molecule has 0 bridgehead atoms. The SMILES string of the molecule is Cc1cc(=O)n2nc(N(C)Cc3ccccc3Cl)sc2n1. The highest BCUT2D eigenvalue weighted by Crippen LogP contribution is 2.24. The predicted molar refractivity (Wildman–Crippen MR) is 85.4 cm³/mol. The molecule has 21 heavy (non-hydrogen) atoms. The van der Waals surface area contributed by atoms with E-state index >= 15 is 0 Å². The Balaban J connectivity index is 1.95. The second-order valence-corrected chi connectivity index (χ2v) is 6.10. The average molecular weight is 321 g/mol. The van der Waals surface area contributed by atoms with Crippen LogP contribution >= 0.6 is 22.9 Å². The molecule has 3 aromatic rings. The van der Waals surface area contributed by atoms with Crippen molar-refractivity contribution in [3.05, 3.63) is 57.0 Å². The summed E-state index contributed by atoms with van der Waals surface area (Å²) in [6.45, 7) is 2.42. The third-order valence-electron chi connectivity index (χ3n) is 3.05. The van der Waals surface area contributed by atoms with Gasteiger partial charge in [-0.05, 0) is 18.6 Å². The van der Waals surface area contributed by atoms with E-state index in [4.69, 9.17) is 11.6 Å². The predicted octanol–water partition coefficient (Wildman–Crippen LogP) is 2.75. The van der Waals surface area contributed by atoms with Crippen LogP contribution in [0.25, 0.3) is 4.96 Å². The number of nitrogens with zero attached hydrogens (tertiary/aromatic N) is 4. The number of aryl methyl sites for hydroxylation is 1. The third kappa shape index (κ3) is 2.77. The Hall–Kier alpha value is -1.92. The van der Waals surface area contributed by atoms with Crippen LogP contribution in [0.4, 0.5) is 5.13 Å². The molecule has 0 fully saturated rings. The summed E-state index contributed by atoms with van der Waals surface area (Å²) < 4.78 is 1.33. The first-order valence-corrected chi connectivity index (χ1v) is 7.56. The van der Waals surface area contributed by atoms with Crippen molar-refractivity contribution in [3.63, 3.8) is 0 Å². The fourth-order valence-electron chi connectivity index (χ4n) is 2.01. The summed E-state index contributed by atoms with van der Waals surface area (Å²) in [6, 6.07) is 9.16. The smallest absolute Gasteiger partial charge is 0.275 e. The third-order valence-corrected chi connectivity index (χ3v) is 4.45. The molecule has 0 saturated heterocycles. The highest BCUT2D eigenvalue weighted by molar-refractivity contribution is 7.20. The van der Waals surface area contributed by atoms with Crippen LogP contribution in [0.5, 0.6) is 0 Å². The Labute approximate surface area is 130 Å². The number of aromatic nitrogens is 3. The topological polar surface area (TPSA) is 50.5 Å². The molecule has 0 saturated carbocycles. The van der Waals surface area contributed by atoms with Crippen LogP contribution in [0.15, 0.2) is 35.1 Å². The summed E-state index contributed by atoms with van der Waals surface area (Å²) in [4.78, 5) is 18.8. The first-order chi connectivity index (χ1) is 10.0. The van der Waals surface area contributed by atoms with Crippen LogP contribution in [-0.2, 0) is 6.54 Å². The monoisotopic (exact) mass is 320 g/mol. The lowest BCUT2D eigenvalue weighted by atomic mass is 10.2. The maximum absolute atomic E-state index is 11.9. The van der Waals surface area contributed by atoms with Crippen molar-refractivity contribution < 1.29 is 0 Å². The van der Waals surface area contributed by atoms with E-state index in [0.29, 0.717) is 17.2 Å². The Morgan fingerprint density at radius 3 is 2.90 bits per heavy atom. The molecule has 0 N–H and O–H groups in total. The quantitative estimate of drug-likeness (QED) is 0.744. The lowest BCUT2D eigenvalue weighted by Crippen LogP contribution is -2.18. The van der Waals surface area contributed by atoms with E-state index in [2.05, 4.69) is 10.1 Å². The number of anilines is 1. The van der Waals surface area contributed by atoms with Gasteiger partial charge >= 0.3 is 0 Å². The van der Waals surface area contributed by atoms with Gasteiger partial charge in [0.2, 0.25) is 10.1 Å². The van der Waals surface area contributed by atoms with Gasteiger partial charge in [0.25, 0.3) is 5.56 Å². The Kier molecular flexibility index (Phi) is 3.65. The number of hydrogen-bond acceptors (Lipinski definition) is 5. The van der Waals surface area contributed by atoms with Crippen molar-refractivity contribution >= 4 is 33.0 Å². The lowest BCUT2D eigenvalue weighted by Gasteiger charge is -2.15. The molecule has 0 aliphatic carbocycles. The summed E-state index contributed by atoms with van der Waals surface area (Å²) in [5.41, 5.74) is 1.55. The maximum Gasteiger partial charge on any atom is 0.275 e. The summed E-state index contributed by atoms with van der Waals surface area (Å²) in [5.74, 6) is 0. The van der Waals surface area contributed by atoms with Gasteiger partial charge < -0.3 is 4.90 Å². The van der Waals surface area contributed by atoms with Crippen molar-refractivity contribution in [3.8, 4) is 0 Å². The van der Waals surface area contributed by atoms with Crippen LogP contribution in [0.1, 0.15) is 11.3 Å². The average Bonchev–Trinajstić information content (AvgIpc) is 2.85. The summed E-state index contributed by atoms with van der Waals surface area (Å²) in [6.07, 6.45) is 0. The molecule has 0 spiro atoms. The minimum Gasteiger partial charge on any atom is -0.345 e. The van der Waals surface area contributed by atoms with E-state index in [9.17, 15) is 4.79 Å². The molecule has 3 rings (SSSR count). The number of benzene rings is 1. The van der Waals surface area contributed by atoms with E-state index < -0.39 is 0 Å². The minimum atomic E-state index is -0.161. The normalized spacial score (nSPS) is 11.0. The first kappa shape index (κ1) is 14.0. The maximum atomic E-state index is 11.9. The van der Waals surface area contributed by atoms with Crippen molar-refractivity contribution in [2.45, 2.75) is 13.5 Å². The molecule has 5 nitrogen and oxygen atoms in total. The molecule has 0 amide bonds. The highest BCUT2D eigenvalue weighted by Gasteiger charge is 2.12. The van der Waals surface area contributed by atoms with E-state index in [1.54, 1.807) is 6.92 Å².